The zero-order valence-electron chi connectivity index (χ0n) is 9.03. The van der Waals surface area contributed by atoms with Gasteiger partial charge in [-0.2, -0.15) is 0 Å². The van der Waals surface area contributed by atoms with Gasteiger partial charge in [-0.25, -0.2) is 0 Å². The van der Waals surface area contributed by atoms with Gasteiger partial charge in [0.15, 0.2) is 5.78 Å². The fourth-order valence-corrected chi connectivity index (χ4v) is 0.947. The van der Waals surface area contributed by atoms with Crippen molar-refractivity contribution in [2.75, 3.05) is 0 Å². The predicted octanol–water partition coefficient (Wildman–Crippen LogP) is -7.03. The molecule has 0 aromatic carbocycles. The summed E-state index contributed by atoms with van der Waals surface area (Å²) in [6.07, 6.45) is 0.174. The van der Waals surface area contributed by atoms with Gasteiger partial charge in [0.1, 0.15) is 0 Å². The summed E-state index contributed by atoms with van der Waals surface area (Å²) < 4.78 is 0. The Morgan fingerprint density at radius 1 is 1.40 bits per heavy atom. The van der Waals surface area contributed by atoms with Crippen molar-refractivity contribution in [1.82, 2.24) is 0 Å². The Kier molecular flexibility index (Phi) is 14.8. The minimum atomic E-state index is -1.71. The van der Waals surface area contributed by atoms with Gasteiger partial charge in [0.2, 0.25) is 0 Å². The summed E-state index contributed by atoms with van der Waals surface area (Å²) in [5.41, 5.74) is -1.71. The molecule has 0 saturated carbocycles. The second kappa shape index (κ2) is 10.0. The van der Waals surface area contributed by atoms with Gasteiger partial charge >= 0.3 is 103 Å². The average molecular weight is 278 g/mol. The summed E-state index contributed by atoms with van der Waals surface area (Å²) in [5.74, 6) is -2.19. The van der Waals surface area contributed by atoms with Gasteiger partial charge in [0.25, 0.3) is 0 Å². The average Bonchev–Trinajstić information content (AvgIpc) is 2.01. The number of ketones is 1. The van der Waals surface area contributed by atoms with E-state index in [1.807, 2.05) is 0 Å². The second-order valence-electron chi connectivity index (χ2n) is 2.74. The van der Waals surface area contributed by atoms with Crippen LogP contribution in [0.3, 0.4) is 0 Å². The summed E-state index contributed by atoms with van der Waals surface area (Å²) in [6, 6.07) is 0. The van der Waals surface area contributed by atoms with Crippen molar-refractivity contribution in [3.8, 4) is 0 Å². The summed E-state index contributed by atoms with van der Waals surface area (Å²) in [6.45, 7) is 4.32. The molecule has 15 heavy (non-hydrogen) atoms. The smallest absolute Gasteiger partial charge is 0.741 e. The molecule has 0 aliphatic heterocycles. The van der Waals surface area contributed by atoms with E-state index < -0.39 is 28.7 Å². The van der Waals surface area contributed by atoms with E-state index in [2.05, 4.69) is 19.2 Å². The number of carbonyl (C=O) groups is 3. The first-order valence-corrected chi connectivity index (χ1v) is 3.83. The van der Waals surface area contributed by atoms with Crippen LogP contribution in [0.1, 0.15) is 13.3 Å². The third-order valence-corrected chi connectivity index (χ3v) is 2.13. The summed E-state index contributed by atoms with van der Waals surface area (Å²) >= 11 is 4.28. The molecule has 0 heterocycles. The normalized spacial score (nSPS) is 12.3. The summed E-state index contributed by atoms with van der Waals surface area (Å²) in [4.78, 5) is 32.2. The third kappa shape index (κ3) is 7.14. The van der Waals surface area contributed by atoms with E-state index >= 15 is 0 Å². The number of hydrogen-bond donors (Lipinski definition) is 0. The van der Waals surface area contributed by atoms with Crippen molar-refractivity contribution >= 4 is 29.5 Å². The van der Waals surface area contributed by atoms with Crippen LogP contribution in [0.4, 0.5) is 0 Å². The van der Waals surface area contributed by atoms with Crippen molar-refractivity contribution in [3.63, 3.8) is 0 Å². The first-order valence-electron chi connectivity index (χ1n) is 3.42. The number of allylic oxidation sites excluding steroid dienone is 1. The molecule has 0 fully saturated rings. The number of aliphatic carboxylic acids is 1. The molecule has 1 atom stereocenters. The molecule has 0 amide bonds. The van der Waals surface area contributed by atoms with Gasteiger partial charge in [0.05, 0.1) is 5.41 Å². The summed E-state index contributed by atoms with van der Waals surface area (Å²) in [5, 5.41) is 9.33. The Labute approximate surface area is 179 Å². The van der Waals surface area contributed by atoms with Gasteiger partial charge in [-0.3, -0.25) is 4.79 Å². The topological polar surface area (TPSA) is 74.3 Å². The molecule has 0 N–H and O–H groups in total. The van der Waals surface area contributed by atoms with Crippen molar-refractivity contribution in [3.05, 3.63) is 12.7 Å². The number of rotatable bonds is 5. The molecule has 0 saturated heterocycles. The van der Waals surface area contributed by atoms with Crippen LogP contribution in [0.15, 0.2) is 12.7 Å². The second-order valence-corrected chi connectivity index (χ2v) is 3.11. The van der Waals surface area contributed by atoms with Gasteiger partial charge in [-0.15, -0.1) is 0 Å². The monoisotopic (exact) mass is 278 g/mol. The molecular formula is C8H8K2O4S. The minimum Gasteiger partial charge on any atom is -0.741 e. The Morgan fingerprint density at radius 3 is 2.00 bits per heavy atom. The first kappa shape index (κ1) is 22.2. The maximum atomic E-state index is 11.1. The Morgan fingerprint density at radius 2 is 1.80 bits per heavy atom. The van der Waals surface area contributed by atoms with E-state index in [-0.39, 0.29) is 103 Å². The Bertz CT molecular complexity index is 280. The van der Waals surface area contributed by atoms with Crippen LogP contribution >= 0.6 is 0 Å². The number of hydrogen-bond acceptors (Lipinski definition) is 5. The van der Waals surface area contributed by atoms with Crippen LogP contribution in [0.25, 0.3) is 0 Å². The molecule has 4 nitrogen and oxygen atoms in total. The summed E-state index contributed by atoms with van der Waals surface area (Å²) in [7, 11) is 0. The third-order valence-electron chi connectivity index (χ3n) is 1.68. The van der Waals surface area contributed by atoms with Crippen LogP contribution in [-0.2, 0) is 27.0 Å². The van der Waals surface area contributed by atoms with Crippen LogP contribution in [0.5, 0.6) is 0 Å². The molecular weight excluding hydrogens is 270 g/mol. The molecule has 0 rings (SSSR count). The molecule has 0 aliphatic carbocycles. The van der Waals surface area contributed by atoms with E-state index in [4.69, 9.17) is 0 Å². The molecule has 0 aliphatic rings. The zero-order chi connectivity index (χ0) is 10.6. The van der Waals surface area contributed by atoms with Gasteiger partial charge < -0.3 is 27.3 Å². The van der Waals surface area contributed by atoms with Crippen molar-refractivity contribution in [2.24, 2.45) is 5.41 Å². The standard InChI is InChI=1S/C8H10O4S.2K/c1-3-5(9)8(2,7(12)13)4-6(10)11;;/h3H,1,4H2,2H3,(H,10,11)(H,12,13);;/q;2*+1/p-2. The predicted molar refractivity (Wildman–Crippen MR) is 45.3 cm³/mol. The van der Waals surface area contributed by atoms with E-state index in [1.54, 1.807) is 0 Å². The quantitative estimate of drug-likeness (QED) is 0.216. The van der Waals surface area contributed by atoms with Gasteiger partial charge in [-0.05, 0) is 13.0 Å². The van der Waals surface area contributed by atoms with Gasteiger partial charge in [0, 0.05) is 17.5 Å². The van der Waals surface area contributed by atoms with Crippen molar-refractivity contribution < 1.29 is 122 Å². The van der Waals surface area contributed by atoms with Crippen molar-refractivity contribution in [1.29, 1.82) is 0 Å². The largest absolute Gasteiger partial charge is 1.00 e. The van der Waals surface area contributed by atoms with Crippen molar-refractivity contribution in [2.45, 2.75) is 13.3 Å². The van der Waals surface area contributed by atoms with Crippen LogP contribution in [0.2, 0.25) is 0 Å². The molecule has 0 spiro atoms. The van der Waals surface area contributed by atoms with Gasteiger partial charge in [-0.1, -0.05) is 6.58 Å². The maximum Gasteiger partial charge on any atom is 1.00 e. The molecule has 0 aromatic rings. The number of carboxylic acids is 1. The SMILES string of the molecule is C=CC(=O)C(C)(CC(=O)[O-])C(=O)[S-].[K+].[K+]. The van der Waals surface area contributed by atoms with E-state index in [0.29, 0.717) is 0 Å². The van der Waals surface area contributed by atoms with Crippen LogP contribution < -0.4 is 108 Å². The molecule has 0 radical (unpaired) electrons. The minimum absolute atomic E-state index is 0. The number of carboxylic acid groups (broad SMARTS) is 1. The maximum absolute atomic E-state index is 11.1. The molecule has 0 bridgehead atoms. The molecule has 7 heteroatoms. The fraction of sp³-hybridized carbons (Fsp3) is 0.375. The Hall–Kier alpha value is 2.04. The number of carbonyl (C=O) groups excluding carboxylic acids is 3. The van der Waals surface area contributed by atoms with Crippen LogP contribution in [-0.4, -0.2) is 16.9 Å². The van der Waals surface area contributed by atoms with E-state index in [1.165, 1.54) is 6.92 Å². The Balaban J connectivity index is -0.000000720. The van der Waals surface area contributed by atoms with Crippen LogP contribution in [0, 0.1) is 5.41 Å². The molecule has 1 unspecified atom stereocenters. The van der Waals surface area contributed by atoms with E-state index in [9.17, 15) is 19.5 Å². The molecule has 0 aromatic heterocycles. The fourth-order valence-electron chi connectivity index (χ4n) is 0.774. The first-order chi connectivity index (χ1) is 5.84. The van der Waals surface area contributed by atoms with E-state index in [0.717, 1.165) is 6.08 Å². The zero-order valence-corrected chi connectivity index (χ0v) is 16.1. The molecule has 72 valence electrons.